The van der Waals surface area contributed by atoms with Gasteiger partial charge in [0.2, 0.25) is 5.91 Å². The van der Waals surface area contributed by atoms with E-state index in [2.05, 4.69) is 10.1 Å². The van der Waals surface area contributed by atoms with E-state index in [1.807, 2.05) is 13.8 Å². The molecule has 0 radical (unpaired) electrons. The SMILES string of the molecule is COC(=O)C(CC(C)C)NC(=O)C(C)C(N)=S. The molecule has 17 heavy (non-hydrogen) atoms. The summed E-state index contributed by atoms with van der Waals surface area (Å²) in [6, 6.07) is -0.649. The summed E-state index contributed by atoms with van der Waals surface area (Å²) in [5, 5.41) is 2.60. The molecule has 0 heterocycles. The van der Waals surface area contributed by atoms with E-state index in [1.54, 1.807) is 6.92 Å². The largest absolute Gasteiger partial charge is 0.467 e. The Morgan fingerprint density at radius 3 is 2.24 bits per heavy atom. The van der Waals surface area contributed by atoms with Crippen LogP contribution in [0.15, 0.2) is 0 Å². The van der Waals surface area contributed by atoms with Crippen molar-refractivity contribution < 1.29 is 14.3 Å². The number of nitrogens with one attached hydrogen (secondary N) is 1. The van der Waals surface area contributed by atoms with Crippen molar-refractivity contribution in [1.82, 2.24) is 5.32 Å². The van der Waals surface area contributed by atoms with Gasteiger partial charge in [0.05, 0.1) is 18.0 Å². The lowest BCUT2D eigenvalue weighted by Gasteiger charge is -2.20. The normalized spacial score (nSPS) is 13.9. The van der Waals surface area contributed by atoms with Crippen LogP contribution in [-0.2, 0) is 14.3 Å². The molecule has 5 nitrogen and oxygen atoms in total. The highest BCUT2D eigenvalue weighted by molar-refractivity contribution is 7.80. The Kier molecular flexibility index (Phi) is 6.72. The summed E-state index contributed by atoms with van der Waals surface area (Å²) < 4.78 is 4.64. The van der Waals surface area contributed by atoms with Crippen molar-refractivity contribution in [2.24, 2.45) is 17.6 Å². The number of nitrogens with two attached hydrogens (primary N) is 1. The fraction of sp³-hybridized carbons (Fsp3) is 0.727. The molecule has 0 bridgehead atoms. The third-order valence-electron chi connectivity index (χ3n) is 2.33. The second-order valence-corrected chi connectivity index (χ2v) is 4.81. The first-order chi connectivity index (χ1) is 7.79. The molecule has 3 N–H and O–H groups in total. The predicted octanol–water partition coefficient (Wildman–Crippen LogP) is 0.613. The molecule has 2 atom stereocenters. The molecule has 0 aliphatic heterocycles. The standard InChI is InChI=1S/C11H20N2O3S/c1-6(2)5-8(11(15)16-4)13-10(14)7(3)9(12)17/h6-8H,5H2,1-4H3,(H2,12,17)(H,13,14). The lowest BCUT2D eigenvalue weighted by molar-refractivity contribution is -0.145. The molecule has 0 aromatic carbocycles. The number of carbonyl (C=O) groups is 2. The van der Waals surface area contributed by atoms with E-state index in [4.69, 9.17) is 18.0 Å². The minimum atomic E-state index is -0.649. The molecule has 0 saturated carbocycles. The third kappa shape index (κ3) is 5.63. The van der Waals surface area contributed by atoms with Crippen LogP contribution < -0.4 is 11.1 Å². The third-order valence-corrected chi connectivity index (χ3v) is 2.68. The minimum Gasteiger partial charge on any atom is -0.467 e. The maximum Gasteiger partial charge on any atom is 0.328 e. The van der Waals surface area contributed by atoms with Gasteiger partial charge in [-0.3, -0.25) is 4.79 Å². The van der Waals surface area contributed by atoms with Gasteiger partial charge < -0.3 is 15.8 Å². The van der Waals surface area contributed by atoms with Crippen molar-refractivity contribution in [1.29, 1.82) is 0 Å². The zero-order valence-electron chi connectivity index (χ0n) is 10.6. The zero-order chi connectivity index (χ0) is 13.6. The second kappa shape index (κ2) is 7.21. The smallest absolute Gasteiger partial charge is 0.328 e. The van der Waals surface area contributed by atoms with E-state index in [9.17, 15) is 9.59 Å². The summed E-state index contributed by atoms with van der Waals surface area (Å²) in [7, 11) is 1.29. The van der Waals surface area contributed by atoms with Crippen LogP contribution in [0, 0.1) is 11.8 Å². The predicted molar refractivity (Wildman–Crippen MR) is 69.4 cm³/mol. The second-order valence-electron chi connectivity index (χ2n) is 4.34. The molecule has 0 spiro atoms. The molecule has 6 heteroatoms. The van der Waals surface area contributed by atoms with Gasteiger partial charge in [0.15, 0.2) is 0 Å². The van der Waals surface area contributed by atoms with E-state index >= 15 is 0 Å². The molecular weight excluding hydrogens is 240 g/mol. The van der Waals surface area contributed by atoms with Crippen LogP contribution in [0.3, 0.4) is 0 Å². The van der Waals surface area contributed by atoms with Gasteiger partial charge in [0.25, 0.3) is 0 Å². The van der Waals surface area contributed by atoms with Gasteiger partial charge in [-0.25, -0.2) is 4.79 Å². The number of esters is 1. The molecule has 1 amide bonds. The first-order valence-electron chi connectivity index (χ1n) is 5.47. The van der Waals surface area contributed by atoms with Crippen molar-refractivity contribution in [3.63, 3.8) is 0 Å². The fourth-order valence-corrected chi connectivity index (χ4v) is 1.36. The Morgan fingerprint density at radius 1 is 1.35 bits per heavy atom. The van der Waals surface area contributed by atoms with Gasteiger partial charge in [-0.2, -0.15) is 0 Å². The van der Waals surface area contributed by atoms with Gasteiger partial charge in [0, 0.05) is 0 Å². The van der Waals surface area contributed by atoms with Gasteiger partial charge >= 0.3 is 5.97 Å². The summed E-state index contributed by atoms with van der Waals surface area (Å²) in [6.07, 6.45) is 0.516. The molecule has 2 unspecified atom stereocenters. The highest BCUT2D eigenvalue weighted by atomic mass is 32.1. The minimum absolute atomic E-state index is 0.107. The van der Waals surface area contributed by atoms with Gasteiger partial charge in [-0.05, 0) is 19.3 Å². The van der Waals surface area contributed by atoms with E-state index in [-0.39, 0.29) is 16.8 Å². The van der Waals surface area contributed by atoms with E-state index in [0.29, 0.717) is 6.42 Å². The van der Waals surface area contributed by atoms with E-state index in [1.165, 1.54) is 7.11 Å². The van der Waals surface area contributed by atoms with Gasteiger partial charge in [0.1, 0.15) is 6.04 Å². The summed E-state index contributed by atoms with van der Waals surface area (Å²) >= 11 is 4.73. The number of rotatable bonds is 6. The lowest BCUT2D eigenvalue weighted by Crippen LogP contribution is -2.46. The van der Waals surface area contributed by atoms with Gasteiger partial charge in [-0.15, -0.1) is 0 Å². The number of methoxy groups -OCH3 is 1. The van der Waals surface area contributed by atoms with Crippen molar-refractivity contribution in [2.75, 3.05) is 7.11 Å². The number of thiocarbonyl (C=S) groups is 1. The van der Waals surface area contributed by atoms with E-state index in [0.717, 1.165) is 0 Å². The Labute approximate surface area is 107 Å². The van der Waals surface area contributed by atoms with Crippen molar-refractivity contribution in [3.05, 3.63) is 0 Å². The Bertz CT molecular complexity index is 305. The monoisotopic (exact) mass is 260 g/mol. The van der Waals surface area contributed by atoms with Gasteiger partial charge in [-0.1, -0.05) is 26.1 Å². The molecule has 0 aliphatic carbocycles. The Morgan fingerprint density at radius 2 is 1.88 bits per heavy atom. The molecular formula is C11H20N2O3S. The first kappa shape index (κ1) is 15.8. The summed E-state index contributed by atoms with van der Waals surface area (Å²) in [5.41, 5.74) is 5.38. The Hall–Kier alpha value is -1.17. The number of hydrogen-bond acceptors (Lipinski definition) is 4. The van der Waals surface area contributed by atoms with E-state index < -0.39 is 17.9 Å². The molecule has 0 aliphatic rings. The fourth-order valence-electron chi connectivity index (χ4n) is 1.25. The number of amides is 1. The highest BCUT2D eigenvalue weighted by Crippen LogP contribution is 2.07. The Balaban J connectivity index is 4.58. The van der Waals surface area contributed by atoms with Crippen molar-refractivity contribution in [2.45, 2.75) is 33.2 Å². The molecule has 0 aromatic heterocycles. The molecule has 0 aromatic rings. The molecule has 0 rings (SSSR count). The lowest BCUT2D eigenvalue weighted by atomic mass is 10.0. The van der Waals surface area contributed by atoms with Crippen LogP contribution in [0.2, 0.25) is 0 Å². The van der Waals surface area contributed by atoms with Crippen LogP contribution in [-0.4, -0.2) is 30.0 Å². The highest BCUT2D eigenvalue weighted by Gasteiger charge is 2.25. The summed E-state index contributed by atoms with van der Waals surface area (Å²) in [5.74, 6) is -1.14. The average molecular weight is 260 g/mol. The van der Waals surface area contributed by atoms with Crippen LogP contribution >= 0.6 is 12.2 Å². The van der Waals surface area contributed by atoms with Crippen molar-refractivity contribution >= 4 is 29.1 Å². The summed E-state index contributed by atoms with van der Waals surface area (Å²) in [4.78, 5) is 23.3. The first-order valence-corrected chi connectivity index (χ1v) is 5.87. The van der Waals surface area contributed by atoms with Crippen LogP contribution in [0.25, 0.3) is 0 Å². The molecule has 0 fully saturated rings. The molecule has 0 saturated heterocycles. The average Bonchev–Trinajstić information content (AvgIpc) is 2.24. The van der Waals surface area contributed by atoms with Crippen LogP contribution in [0.1, 0.15) is 27.2 Å². The molecule has 98 valence electrons. The topological polar surface area (TPSA) is 81.4 Å². The maximum absolute atomic E-state index is 11.7. The van der Waals surface area contributed by atoms with Crippen molar-refractivity contribution in [3.8, 4) is 0 Å². The number of ether oxygens (including phenoxy) is 1. The maximum atomic E-state index is 11.7. The van der Waals surface area contributed by atoms with Crippen LogP contribution in [0.5, 0.6) is 0 Å². The quantitative estimate of drug-likeness (QED) is 0.540. The summed E-state index contributed by atoms with van der Waals surface area (Å²) in [6.45, 7) is 5.51. The number of carbonyl (C=O) groups excluding carboxylic acids is 2. The zero-order valence-corrected chi connectivity index (χ0v) is 11.5. The van der Waals surface area contributed by atoms with Crippen LogP contribution in [0.4, 0.5) is 0 Å². The number of hydrogen-bond donors (Lipinski definition) is 2.